The highest BCUT2D eigenvalue weighted by Crippen LogP contribution is 2.22. The molecular weight excluding hydrogens is 454 g/mol. The number of ether oxygens (including phenoxy) is 1. The molecule has 1 atom stereocenters. The topological polar surface area (TPSA) is 94.3 Å². The molecule has 1 heterocycles. The summed E-state index contributed by atoms with van der Waals surface area (Å²) in [6.45, 7) is 0.622. The van der Waals surface area contributed by atoms with Crippen molar-refractivity contribution in [2.75, 3.05) is 13.2 Å². The summed E-state index contributed by atoms with van der Waals surface area (Å²) in [5, 5.41) is 18.7. The van der Waals surface area contributed by atoms with Crippen LogP contribution in [0.15, 0.2) is 77.6 Å². The highest BCUT2D eigenvalue weighted by Gasteiger charge is 2.18. The van der Waals surface area contributed by atoms with Gasteiger partial charge in [-0.05, 0) is 53.8 Å². The van der Waals surface area contributed by atoms with Gasteiger partial charge in [-0.15, -0.1) is 5.10 Å². The molecule has 0 saturated carbocycles. The SMILES string of the molecule is O=C(O)C(CCn1nnc2ccccc2c1=O)COCCc1ccc(-c2ccc(Cl)cc2)cc1. The molecule has 7 nitrogen and oxygen atoms in total. The molecular formula is C26H24ClN3O4. The number of nitrogens with zero attached hydrogens (tertiary/aromatic N) is 3. The van der Waals surface area contributed by atoms with E-state index >= 15 is 0 Å². The van der Waals surface area contributed by atoms with E-state index in [-0.39, 0.29) is 25.1 Å². The number of aryl methyl sites for hydroxylation is 1. The second-order valence-electron chi connectivity index (χ2n) is 7.99. The number of rotatable bonds is 10. The molecule has 0 fully saturated rings. The minimum atomic E-state index is -0.964. The van der Waals surface area contributed by atoms with Crippen LogP contribution < -0.4 is 5.56 Å². The zero-order valence-corrected chi connectivity index (χ0v) is 19.2. The van der Waals surface area contributed by atoms with Gasteiger partial charge < -0.3 is 9.84 Å². The van der Waals surface area contributed by atoms with Gasteiger partial charge in [-0.3, -0.25) is 9.59 Å². The molecule has 0 aliphatic heterocycles. The van der Waals surface area contributed by atoms with Gasteiger partial charge in [-0.25, -0.2) is 4.68 Å². The fourth-order valence-corrected chi connectivity index (χ4v) is 3.77. The largest absolute Gasteiger partial charge is 0.481 e. The average Bonchev–Trinajstić information content (AvgIpc) is 2.85. The predicted molar refractivity (Wildman–Crippen MR) is 131 cm³/mol. The number of hydrogen-bond donors (Lipinski definition) is 1. The molecule has 1 aromatic heterocycles. The molecule has 0 bridgehead atoms. The Kier molecular flexibility index (Phi) is 7.67. The number of hydrogen-bond acceptors (Lipinski definition) is 5. The number of carboxylic acids is 1. The van der Waals surface area contributed by atoms with E-state index in [0.717, 1.165) is 16.7 Å². The van der Waals surface area contributed by atoms with Crippen molar-refractivity contribution in [2.45, 2.75) is 19.4 Å². The Bertz CT molecular complexity index is 1320. The maximum absolute atomic E-state index is 12.5. The summed E-state index contributed by atoms with van der Waals surface area (Å²) in [6, 6.07) is 22.8. The first-order valence-electron chi connectivity index (χ1n) is 11.0. The van der Waals surface area contributed by atoms with Gasteiger partial charge in [-0.1, -0.05) is 65.3 Å². The quantitative estimate of drug-likeness (QED) is 0.339. The highest BCUT2D eigenvalue weighted by molar-refractivity contribution is 6.30. The van der Waals surface area contributed by atoms with E-state index in [9.17, 15) is 14.7 Å². The lowest BCUT2D eigenvalue weighted by molar-refractivity contribution is -0.144. The summed E-state index contributed by atoms with van der Waals surface area (Å²) in [6.07, 6.45) is 0.890. The van der Waals surface area contributed by atoms with Crippen LogP contribution in [0, 0.1) is 5.92 Å². The number of carbonyl (C=O) groups is 1. The Morgan fingerprint density at radius 1 is 1.00 bits per heavy atom. The van der Waals surface area contributed by atoms with E-state index in [1.807, 2.05) is 48.5 Å². The van der Waals surface area contributed by atoms with E-state index in [2.05, 4.69) is 10.3 Å². The Morgan fingerprint density at radius 2 is 1.68 bits per heavy atom. The van der Waals surface area contributed by atoms with Crippen molar-refractivity contribution in [3.8, 4) is 11.1 Å². The van der Waals surface area contributed by atoms with Crippen LogP contribution in [0.5, 0.6) is 0 Å². The summed E-state index contributed by atoms with van der Waals surface area (Å²) < 4.78 is 6.87. The first kappa shape index (κ1) is 23.6. The zero-order chi connectivity index (χ0) is 23.9. The van der Waals surface area contributed by atoms with Crippen LogP contribution in [0.4, 0.5) is 0 Å². The van der Waals surface area contributed by atoms with Gasteiger partial charge >= 0.3 is 5.97 Å². The fraction of sp³-hybridized carbons (Fsp3) is 0.231. The van der Waals surface area contributed by atoms with E-state index in [4.69, 9.17) is 16.3 Å². The minimum absolute atomic E-state index is 0.0634. The number of halogens is 1. The second-order valence-corrected chi connectivity index (χ2v) is 8.42. The van der Waals surface area contributed by atoms with Crippen LogP contribution in [0.3, 0.4) is 0 Å². The van der Waals surface area contributed by atoms with Gasteiger partial charge in [0, 0.05) is 11.6 Å². The Hall–Kier alpha value is -3.55. The molecule has 0 amide bonds. The highest BCUT2D eigenvalue weighted by atomic mass is 35.5. The van der Waals surface area contributed by atoms with Gasteiger partial charge in [0.2, 0.25) is 0 Å². The van der Waals surface area contributed by atoms with Gasteiger partial charge in [0.1, 0.15) is 5.52 Å². The summed E-state index contributed by atoms with van der Waals surface area (Å²) >= 11 is 5.94. The van der Waals surface area contributed by atoms with Crippen LogP contribution in [0.2, 0.25) is 5.02 Å². The summed E-state index contributed by atoms with van der Waals surface area (Å²) in [7, 11) is 0. The molecule has 0 spiro atoms. The maximum Gasteiger partial charge on any atom is 0.308 e. The summed E-state index contributed by atoms with van der Waals surface area (Å²) in [5.41, 5.74) is 3.52. The monoisotopic (exact) mass is 477 g/mol. The third-order valence-electron chi connectivity index (χ3n) is 5.65. The first-order valence-corrected chi connectivity index (χ1v) is 11.4. The fourth-order valence-electron chi connectivity index (χ4n) is 3.65. The predicted octanol–water partition coefficient (Wildman–Crippen LogP) is 4.46. The number of fused-ring (bicyclic) bond motifs is 1. The molecule has 0 saturated heterocycles. The maximum atomic E-state index is 12.5. The first-order chi connectivity index (χ1) is 16.5. The molecule has 4 aromatic rings. The van der Waals surface area contributed by atoms with Crippen LogP contribution in [0.25, 0.3) is 22.0 Å². The van der Waals surface area contributed by atoms with Gasteiger partial charge in [0.05, 0.1) is 24.5 Å². The minimum Gasteiger partial charge on any atom is -0.481 e. The lowest BCUT2D eigenvalue weighted by atomic mass is 10.0. The van der Waals surface area contributed by atoms with Crippen LogP contribution in [-0.2, 0) is 22.5 Å². The third-order valence-corrected chi connectivity index (χ3v) is 5.91. The molecule has 0 aliphatic carbocycles. The van der Waals surface area contributed by atoms with Gasteiger partial charge in [0.25, 0.3) is 5.56 Å². The van der Waals surface area contributed by atoms with E-state index in [1.54, 1.807) is 24.3 Å². The van der Waals surface area contributed by atoms with Crippen LogP contribution >= 0.6 is 11.6 Å². The van der Waals surface area contributed by atoms with Gasteiger partial charge in [0.15, 0.2) is 0 Å². The van der Waals surface area contributed by atoms with Crippen molar-refractivity contribution < 1.29 is 14.6 Å². The molecule has 174 valence electrons. The smallest absolute Gasteiger partial charge is 0.308 e. The zero-order valence-electron chi connectivity index (χ0n) is 18.4. The normalized spacial score (nSPS) is 12.0. The van der Waals surface area contributed by atoms with Crippen molar-refractivity contribution in [2.24, 2.45) is 5.92 Å². The number of benzene rings is 3. The number of aliphatic carboxylic acids is 1. The summed E-state index contributed by atoms with van der Waals surface area (Å²) in [5.74, 6) is -1.71. The van der Waals surface area contributed by atoms with Crippen LogP contribution in [0.1, 0.15) is 12.0 Å². The molecule has 3 aromatic carbocycles. The molecule has 0 aliphatic rings. The standard InChI is InChI=1S/C26H24ClN3O4/c27-22-11-9-20(10-12-22)19-7-5-18(6-8-19)14-16-34-17-21(26(32)33)13-15-30-25(31)23-3-1-2-4-24(23)28-29-30/h1-12,21H,13-17H2,(H,32,33). The van der Waals surface area contributed by atoms with E-state index in [1.165, 1.54) is 4.68 Å². The number of carboxylic acid groups (broad SMARTS) is 1. The summed E-state index contributed by atoms with van der Waals surface area (Å²) in [4.78, 5) is 24.2. The molecule has 34 heavy (non-hydrogen) atoms. The average molecular weight is 478 g/mol. The molecule has 4 rings (SSSR count). The Morgan fingerprint density at radius 3 is 2.38 bits per heavy atom. The second kappa shape index (κ2) is 11.0. The van der Waals surface area contributed by atoms with Gasteiger partial charge in [-0.2, -0.15) is 0 Å². The molecule has 0 radical (unpaired) electrons. The molecule has 1 unspecified atom stereocenters. The number of aromatic nitrogens is 3. The third kappa shape index (κ3) is 5.87. The molecule has 8 heteroatoms. The molecule has 1 N–H and O–H groups in total. The van der Waals surface area contributed by atoms with Crippen molar-refractivity contribution in [1.29, 1.82) is 0 Å². The van der Waals surface area contributed by atoms with Crippen LogP contribution in [-0.4, -0.2) is 39.3 Å². The van der Waals surface area contributed by atoms with E-state index in [0.29, 0.717) is 29.0 Å². The van der Waals surface area contributed by atoms with Crippen molar-refractivity contribution in [3.05, 3.63) is 93.7 Å². The van der Waals surface area contributed by atoms with Crippen molar-refractivity contribution >= 4 is 28.5 Å². The van der Waals surface area contributed by atoms with Crippen molar-refractivity contribution in [3.63, 3.8) is 0 Å². The lowest BCUT2D eigenvalue weighted by Gasteiger charge is -2.13. The van der Waals surface area contributed by atoms with E-state index < -0.39 is 11.9 Å². The Balaban J connectivity index is 1.27. The van der Waals surface area contributed by atoms with Crippen molar-refractivity contribution in [1.82, 2.24) is 15.0 Å². The Labute approximate surface area is 201 Å². The lowest BCUT2D eigenvalue weighted by Crippen LogP contribution is -2.28.